The number of aliphatic carboxylic acids is 1. The molecule has 0 saturated carbocycles. The minimum absolute atomic E-state index is 0.193. The highest BCUT2D eigenvalue weighted by Gasteiger charge is 2.37. The van der Waals surface area contributed by atoms with Crippen LogP contribution in [0.1, 0.15) is 66.7 Å². The van der Waals surface area contributed by atoms with Gasteiger partial charge in [-0.2, -0.15) is 0 Å². The Morgan fingerprint density at radius 3 is 2.12 bits per heavy atom. The van der Waals surface area contributed by atoms with E-state index in [0.29, 0.717) is 32.3 Å². The maximum atomic E-state index is 12.0. The molecule has 1 rings (SSSR count). The number of ether oxygens (including phenoxy) is 1. The predicted octanol–water partition coefficient (Wildman–Crippen LogP) is 3.58. The van der Waals surface area contributed by atoms with Gasteiger partial charge in [-0.05, 0) is 58.6 Å². The Hall–Kier alpha value is -1.62. The predicted molar refractivity (Wildman–Crippen MR) is 94.5 cm³/mol. The van der Waals surface area contributed by atoms with Crippen molar-refractivity contribution in [1.29, 1.82) is 0 Å². The van der Waals surface area contributed by atoms with Gasteiger partial charge in [0, 0.05) is 11.8 Å². The number of hydrogen-bond acceptors (Lipinski definition) is 4. The van der Waals surface area contributed by atoms with E-state index in [1.54, 1.807) is 0 Å². The van der Waals surface area contributed by atoms with Crippen LogP contribution in [0.4, 0.5) is 0 Å². The van der Waals surface area contributed by atoms with Crippen LogP contribution in [0, 0.1) is 5.41 Å². The Morgan fingerprint density at radius 2 is 1.62 bits per heavy atom. The molecule has 0 unspecified atom stereocenters. The zero-order valence-corrected chi connectivity index (χ0v) is 15.6. The van der Waals surface area contributed by atoms with E-state index in [9.17, 15) is 9.59 Å². The zero-order chi connectivity index (χ0) is 18.5. The summed E-state index contributed by atoms with van der Waals surface area (Å²) in [5.41, 5.74) is 10.4. The second-order valence-corrected chi connectivity index (χ2v) is 7.04. The topological polar surface area (TPSA) is 89.6 Å². The highest BCUT2D eigenvalue weighted by atomic mass is 16.5. The van der Waals surface area contributed by atoms with Crippen LogP contribution in [0.2, 0.25) is 0 Å². The minimum atomic E-state index is -0.975. The van der Waals surface area contributed by atoms with Crippen LogP contribution in [-0.2, 0) is 14.3 Å². The van der Waals surface area contributed by atoms with Crippen LogP contribution in [0.15, 0.2) is 22.3 Å². The molecule has 0 amide bonds. The molecular weight excluding hydrogens is 306 g/mol. The fourth-order valence-electron chi connectivity index (χ4n) is 3.12. The number of carboxylic acid groups (broad SMARTS) is 1. The van der Waals surface area contributed by atoms with Gasteiger partial charge < -0.3 is 15.6 Å². The standard InChI is InChI=1S/C19H31NO4/c1-12-13(2)15(4)19(5,14(12)3)11-24-17(21)10-8-6-7-9-16(20)18(22)23/h16H,6-11,20H2,1-5H3,(H,22,23)/t16-/m0/s1. The van der Waals surface area contributed by atoms with Crippen LogP contribution in [0.5, 0.6) is 0 Å². The summed E-state index contributed by atoms with van der Waals surface area (Å²) in [5, 5.41) is 8.70. The van der Waals surface area contributed by atoms with Crippen molar-refractivity contribution >= 4 is 11.9 Å². The zero-order valence-electron chi connectivity index (χ0n) is 15.6. The summed E-state index contributed by atoms with van der Waals surface area (Å²) in [4.78, 5) is 22.6. The quantitative estimate of drug-likeness (QED) is 0.496. The van der Waals surface area contributed by atoms with E-state index in [1.807, 2.05) is 0 Å². The molecule has 1 atom stereocenters. The normalized spacial score (nSPS) is 18.1. The van der Waals surface area contributed by atoms with E-state index in [1.165, 1.54) is 22.3 Å². The molecule has 0 spiro atoms. The largest absolute Gasteiger partial charge is 0.480 e. The van der Waals surface area contributed by atoms with Gasteiger partial charge in [0.2, 0.25) is 0 Å². The van der Waals surface area contributed by atoms with Crippen molar-refractivity contribution in [3.63, 3.8) is 0 Å². The molecule has 0 aromatic heterocycles. The number of nitrogens with two attached hydrogens (primary N) is 1. The van der Waals surface area contributed by atoms with Crippen molar-refractivity contribution < 1.29 is 19.4 Å². The fraction of sp³-hybridized carbons (Fsp3) is 0.684. The minimum Gasteiger partial charge on any atom is -0.480 e. The Kier molecular flexibility index (Phi) is 7.21. The second kappa shape index (κ2) is 8.47. The number of unbranched alkanes of at least 4 members (excludes halogenated alkanes) is 2. The first-order valence-corrected chi connectivity index (χ1v) is 8.61. The van der Waals surface area contributed by atoms with Gasteiger partial charge in [0.05, 0.1) is 0 Å². The Labute approximate surface area is 144 Å². The van der Waals surface area contributed by atoms with E-state index < -0.39 is 12.0 Å². The molecule has 5 nitrogen and oxygen atoms in total. The van der Waals surface area contributed by atoms with Gasteiger partial charge in [0.15, 0.2) is 0 Å². The van der Waals surface area contributed by atoms with Gasteiger partial charge in [0.1, 0.15) is 12.6 Å². The molecule has 5 heteroatoms. The lowest BCUT2D eigenvalue weighted by Crippen LogP contribution is -2.29. The first-order chi connectivity index (χ1) is 11.1. The van der Waals surface area contributed by atoms with Crippen molar-refractivity contribution in [1.82, 2.24) is 0 Å². The molecule has 0 fully saturated rings. The molecular formula is C19H31NO4. The van der Waals surface area contributed by atoms with Crippen LogP contribution >= 0.6 is 0 Å². The van der Waals surface area contributed by atoms with Crippen LogP contribution in [0.25, 0.3) is 0 Å². The van der Waals surface area contributed by atoms with Crippen molar-refractivity contribution in [3.05, 3.63) is 22.3 Å². The maximum Gasteiger partial charge on any atom is 0.320 e. The SMILES string of the molecule is CC1=C(C)C(C)(COC(=O)CCCCC[C@H](N)C(=O)O)C(C)=C1C. The molecule has 1 aliphatic carbocycles. The molecule has 1 aliphatic rings. The summed E-state index contributed by atoms with van der Waals surface area (Å²) in [6.45, 7) is 10.9. The van der Waals surface area contributed by atoms with Crippen molar-refractivity contribution in [3.8, 4) is 0 Å². The highest BCUT2D eigenvalue weighted by molar-refractivity contribution is 5.73. The third-order valence-corrected chi connectivity index (χ3v) is 5.58. The molecule has 0 aliphatic heterocycles. The van der Waals surface area contributed by atoms with E-state index in [2.05, 4.69) is 34.6 Å². The number of carbonyl (C=O) groups is 2. The molecule has 0 radical (unpaired) electrons. The first kappa shape index (κ1) is 20.4. The number of carbonyl (C=O) groups excluding carboxylic acids is 1. The number of hydrogen-bond donors (Lipinski definition) is 2. The van der Waals surface area contributed by atoms with Crippen molar-refractivity contribution in [2.45, 2.75) is 72.8 Å². The van der Waals surface area contributed by atoms with Crippen molar-refractivity contribution in [2.24, 2.45) is 11.1 Å². The van der Waals surface area contributed by atoms with Gasteiger partial charge in [0.25, 0.3) is 0 Å². The Morgan fingerprint density at radius 1 is 1.08 bits per heavy atom. The van der Waals surface area contributed by atoms with Crippen LogP contribution in [0.3, 0.4) is 0 Å². The summed E-state index contributed by atoms with van der Waals surface area (Å²) in [7, 11) is 0. The summed E-state index contributed by atoms with van der Waals surface area (Å²) < 4.78 is 5.51. The monoisotopic (exact) mass is 337 g/mol. The highest BCUT2D eigenvalue weighted by Crippen LogP contribution is 2.46. The molecule has 136 valence electrons. The summed E-state index contributed by atoms with van der Waals surface area (Å²) in [6.07, 6.45) is 2.99. The lowest BCUT2D eigenvalue weighted by molar-refractivity contribution is -0.146. The molecule has 3 N–H and O–H groups in total. The Balaban J connectivity index is 2.34. The molecule has 0 heterocycles. The summed E-state index contributed by atoms with van der Waals surface area (Å²) in [6, 6.07) is -0.810. The second-order valence-electron chi connectivity index (χ2n) is 7.04. The van der Waals surface area contributed by atoms with Gasteiger partial charge in [-0.1, -0.05) is 24.0 Å². The smallest absolute Gasteiger partial charge is 0.320 e. The first-order valence-electron chi connectivity index (χ1n) is 8.61. The van der Waals surface area contributed by atoms with Gasteiger partial charge in [-0.15, -0.1) is 0 Å². The van der Waals surface area contributed by atoms with Gasteiger partial charge in [-0.3, -0.25) is 9.59 Å². The average molecular weight is 337 g/mol. The fourth-order valence-corrected chi connectivity index (χ4v) is 3.12. The lowest BCUT2D eigenvalue weighted by atomic mass is 9.80. The van der Waals surface area contributed by atoms with E-state index >= 15 is 0 Å². The number of carboxylic acids is 1. The summed E-state index contributed by atoms with van der Waals surface area (Å²) >= 11 is 0. The summed E-state index contributed by atoms with van der Waals surface area (Å²) in [5.74, 6) is -1.17. The molecule has 24 heavy (non-hydrogen) atoms. The lowest BCUT2D eigenvalue weighted by Gasteiger charge is -2.28. The van der Waals surface area contributed by atoms with Crippen LogP contribution < -0.4 is 5.73 Å². The van der Waals surface area contributed by atoms with E-state index in [-0.39, 0.29) is 11.4 Å². The van der Waals surface area contributed by atoms with Gasteiger partial charge >= 0.3 is 11.9 Å². The van der Waals surface area contributed by atoms with Crippen LogP contribution in [-0.4, -0.2) is 29.7 Å². The molecule has 0 saturated heterocycles. The molecule has 0 bridgehead atoms. The maximum absolute atomic E-state index is 12.0. The molecule has 0 aromatic carbocycles. The average Bonchev–Trinajstić information content (AvgIpc) is 2.68. The number of allylic oxidation sites excluding steroid dienone is 2. The molecule has 0 aromatic rings. The third kappa shape index (κ3) is 4.69. The van der Waals surface area contributed by atoms with Gasteiger partial charge in [-0.25, -0.2) is 0 Å². The van der Waals surface area contributed by atoms with E-state index in [4.69, 9.17) is 15.6 Å². The Bertz CT molecular complexity index is 536. The number of rotatable bonds is 9. The third-order valence-electron chi connectivity index (χ3n) is 5.58. The number of esters is 1. The van der Waals surface area contributed by atoms with E-state index in [0.717, 1.165) is 6.42 Å². The van der Waals surface area contributed by atoms with Crippen molar-refractivity contribution in [2.75, 3.05) is 6.61 Å².